The van der Waals surface area contributed by atoms with Crippen molar-refractivity contribution in [1.82, 2.24) is 24.9 Å². The second-order valence-corrected chi connectivity index (χ2v) is 5.41. The van der Waals surface area contributed by atoms with E-state index < -0.39 is 0 Å². The maximum absolute atomic E-state index is 4.44. The standard InChI is InChI=1S/C13H15N5S/c1-9-8-19-12(15-9)7-14-10(2)13-17-16-11-5-3-4-6-18(11)13/h3-6,8,10,14H,7H2,1-2H3. The van der Waals surface area contributed by atoms with E-state index in [9.17, 15) is 0 Å². The van der Waals surface area contributed by atoms with Gasteiger partial charge in [0.1, 0.15) is 5.01 Å². The minimum atomic E-state index is 0.126. The van der Waals surface area contributed by atoms with E-state index in [0.29, 0.717) is 0 Å². The summed E-state index contributed by atoms with van der Waals surface area (Å²) in [5.41, 5.74) is 1.94. The van der Waals surface area contributed by atoms with Gasteiger partial charge in [0.2, 0.25) is 0 Å². The molecule has 0 saturated carbocycles. The smallest absolute Gasteiger partial charge is 0.160 e. The monoisotopic (exact) mass is 273 g/mol. The molecule has 0 amide bonds. The van der Waals surface area contributed by atoms with Crippen LogP contribution in [0, 0.1) is 6.92 Å². The summed E-state index contributed by atoms with van der Waals surface area (Å²) in [7, 11) is 0. The Kier molecular flexibility index (Phi) is 3.27. The highest BCUT2D eigenvalue weighted by atomic mass is 32.1. The lowest BCUT2D eigenvalue weighted by molar-refractivity contribution is 0.540. The Morgan fingerprint density at radius 1 is 1.37 bits per heavy atom. The summed E-state index contributed by atoms with van der Waals surface area (Å²) in [4.78, 5) is 4.44. The van der Waals surface area contributed by atoms with Gasteiger partial charge in [0.25, 0.3) is 0 Å². The molecule has 0 bridgehead atoms. The number of hydrogen-bond donors (Lipinski definition) is 1. The van der Waals surface area contributed by atoms with Crippen molar-refractivity contribution in [3.63, 3.8) is 0 Å². The first-order chi connectivity index (χ1) is 9.24. The topological polar surface area (TPSA) is 55.1 Å². The Hall–Kier alpha value is -1.79. The summed E-state index contributed by atoms with van der Waals surface area (Å²) >= 11 is 1.68. The van der Waals surface area contributed by atoms with Crippen molar-refractivity contribution in [2.24, 2.45) is 0 Å². The van der Waals surface area contributed by atoms with Crippen LogP contribution in [0.15, 0.2) is 29.8 Å². The van der Waals surface area contributed by atoms with Crippen LogP contribution in [-0.2, 0) is 6.54 Å². The van der Waals surface area contributed by atoms with Crippen LogP contribution in [0.5, 0.6) is 0 Å². The first kappa shape index (κ1) is 12.3. The molecule has 3 heterocycles. The van der Waals surface area contributed by atoms with E-state index in [1.807, 2.05) is 35.7 Å². The van der Waals surface area contributed by atoms with Gasteiger partial charge in [-0.25, -0.2) is 4.98 Å². The molecule has 1 unspecified atom stereocenters. The average Bonchev–Trinajstić information content (AvgIpc) is 3.02. The van der Waals surface area contributed by atoms with Crippen molar-refractivity contribution < 1.29 is 0 Å². The predicted octanol–water partition coefficient (Wildman–Crippen LogP) is 2.35. The van der Waals surface area contributed by atoms with Crippen molar-refractivity contribution in [3.05, 3.63) is 46.3 Å². The second-order valence-electron chi connectivity index (χ2n) is 4.47. The molecule has 0 saturated heterocycles. The summed E-state index contributed by atoms with van der Waals surface area (Å²) in [5, 5.41) is 15.0. The summed E-state index contributed by atoms with van der Waals surface area (Å²) in [6.07, 6.45) is 1.98. The number of aromatic nitrogens is 4. The number of pyridine rings is 1. The molecule has 0 fully saturated rings. The molecule has 0 aromatic carbocycles. The third-order valence-corrected chi connectivity index (χ3v) is 3.92. The average molecular weight is 273 g/mol. The van der Waals surface area contributed by atoms with E-state index >= 15 is 0 Å². The second kappa shape index (κ2) is 5.07. The zero-order chi connectivity index (χ0) is 13.2. The van der Waals surface area contributed by atoms with E-state index in [0.717, 1.165) is 28.7 Å². The summed E-state index contributed by atoms with van der Waals surface area (Å²) in [6, 6.07) is 6.02. The molecular formula is C13H15N5S. The molecule has 3 aromatic rings. The largest absolute Gasteiger partial charge is 0.301 e. The zero-order valence-corrected chi connectivity index (χ0v) is 11.7. The molecule has 3 aromatic heterocycles. The first-order valence-electron chi connectivity index (χ1n) is 6.18. The lowest BCUT2D eigenvalue weighted by Gasteiger charge is -2.10. The normalized spacial score (nSPS) is 12.9. The number of aryl methyl sites for hydroxylation is 1. The third-order valence-electron chi connectivity index (χ3n) is 2.95. The van der Waals surface area contributed by atoms with Gasteiger partial charge < -0.3 is 5.32 Å². The number of rotatable bonds is 4. The molecule has 1 atom stereocenters. The van der Waals surface area contributed by atoms with Crippen LogP contribution in [0.4, 0.5) is 0 Å². The summed E-state index contributed by atoms with van der Waals surface area (Å²) in [6.45, 7) is 4.85. The SMILES string of the molecule is Cc1csc(CNC(C)c2nnc3ccccn23)n1. The highest BCUT2D eigenvalue weighted by Crippen LogP contribution is 2.14. The van der Waals surface area contributed by atoms with Crippen LogP contribution in [-0.4, -0.2) is 19.6 Å². The van der Waals surface area contributed by atoms with Gasteiger partial charge in [-0.15, -0.1) is 21.5 Å². The highest BCUT2D eigenvalue weighted by molar-refractivity contribution is 7.09. The molecule has 0 aliphatic carbocycles. The molecule has 0 spiro atoms. The van der Waals surface area contributed by atoms with Gasteiger partial charge in [-0.3, -0.25) is 4.40 Å². The van der Waals surface area contributed by atoms with Crippen LogP contribution in [0.2, 0.25) is 0 Å². The van der Waals surface area contributed by atoms with Crippen molar-refractivity contribution in [2.75, 3.05) is 0 Å². The fraction of sp³-hybridized carbons (Fsp3) is 0.308. The van der Waals surface area contributed by atoms with E-state index in [4.69, 9.17) is 0 Å². The maximum atomic E-state index is 4.44. The van der Waals surface area contributed by atoms with Gasteiger partial charge in [-0.2, -0.15) is 0 Å². The van der Waals surface area contributed by atoms with Gasteiger partial charge in [-0.1, -0.05) is 6.07 Å². The Morgan fingerprint density at radius 2 is 2.26 bits per heavy atom. The lowest BCUT2D eigenvalue weighted by Crippen LogP contribution is -2.20. The van der Waals surface area contributed by atoms with Crippen molar-refractivity contribution in [1.29, 1.82) is 0 Å². The van der Waals surface area contributed by atoms with E-state index in [-0.39, 0.29) is 6.04 Å². The van der Waals surface area contributed by atoms with Gasteiger partial charge in [0.05, 0.1) is 6.04 Å². The summed E-state index contributed by atoms with van der Waals surface area (Å²) < 4.78 is 2.00. The van der Waals surface area contributed by atoms with Crippen LogP contribution in [0.25, 0.3) is 5.65 Å². The van der Waals surface area contributed by atoms with Crippen LogP contribution in [0.1, 0.15) is 29.5 Å². The van der Waals surface area contributed by atoms with E-state index in [2.05, 4.69) is 32.8 Å². The highest BCUT2D eigenvalue weighted by Gasteiger charge is 2.13. The zero-order valence-electron chi connectivity index (χ0n) is 10.9. The molecule has 0 aliphatic heterocycles. The van der Waals surface area contributed by atoms with Crippen LogP contribution >= 0.6 is 11.3 Å². The van der Waals surface area contributed by atoms with Gasteiger partial charge in [-0.05, 0) is 26.0 Å². The Bertz CT molecular complexity index is 687. The number of fused-ring (bicyclic) bond motifs is 1. The van der Waals surface area contributed by atoms with E-state index in [1.165, 1.54) is 0 Å². The number of thiazole rings is 1. The predicted molar refractivity (Wildman–Crippen MR) is 75.1 cm³/mol. The minimum Gasteiger partial charge on any atom is -0.301 e. The number of nitrogens with zero attached hydrogens (tertiary/aromatic N) is 4. The lowest BCUT2D eigenvalue weighted by atomic mass is 10.3. The molecule has 0 radical (unpaired) electrons. The molecule has 98 valence electrons. The third kappa shape index (κ3) is 2.50. The van der Waals surface area contributed by atoms with Gasteiger partial charge in [0.15, 0.2) is 11.5 Å². The fourth-order valence-electron chi connectivity index (χ4n) is 1.97. The molecule has 0 aliphatic rings. The maximum Gasteiger partial charge on any atom is 0.160 e. The Labute approximate surface area is 115 Å². The molecule has 5 nitrogen and oxygen atoms in total. The van der Waals surface area contributed by atoms with Crippen LogP contribution < -0.4 is 5.32 Å². The quantitative estimate of drug-likeness (QED) is 0.792. The first-order valence-corrected chi connectivity index (χ1v) is 7.06. The van der Waals surface area contributed by atoms with Crippen LogP contribution in [0.3, 0.4) is 0 Å². The molecule has 19 heavy (non-hydrogen) atoms. The molecule has 1 N–H and O–H groups in total. The number of nitrogens with one attached hydrogen (secondary N) is 1. The molecule has 6 heteroatoms. The minimum absolute atomic E-state index is 0.126. The van der Waals surface area contributed by atoms with Crippen molar-refractivity contribution in [3.8, 4) is 0 Å². The molecular weight excluding hydrogens is 258 g/mol. The van der Waals surface area contributed by atoms with Gasteiger partial charge >= 0.3 is 0 Å². The van der Waals surface area contributed by atoms with E-state index in [1.54, 1.807) is 11.3 Å². The van der Waals surface area contributed by atoms with Gasteiger partial charge in [0, 0.05) is 23.8 Å². The van der Waals surface area contributed by atoms with Crippen molar-refractivity contribution >= 4 is 17.0 Å². The number of hydrogen-bond acceptors (Lipinski definition) is 5. The Morgan fingerprint density at radius 3 is 3.05 bits per heavy atom. The Balaban J connectivity index is 1.75. The van der Waals surface area contributed by atoms with Crippen molar-refractivity contribution in [2.45, 2.75) is 26.4 Å². The summed E-state index contributed by atoms with van der Waals surface area (Å²) in [5.74, 6) is 0.920. The fourth-order valence-corrected chi connectivity index (χ4v) is 2.69. The molecule has 3 rings (SSSR count).